The van der Waals surface area contributed by atoms with Gasteiger partial charge in [-0.15, -0.1) is 0 Å². The summed E-state index contributed by atoms with van der Waals surface area (Å²) in [5.74, 6) is 1.70. The van der Waals surface area contributed by atoms with Gasteiger partial charge in [-0.1, -0.05) is 32.1 Å². The van der Waals surface area contributed by atoms with Gasteiger partial charge in [0.25, 0.3) is 0 Å². The molecule has 0 atom stereocenters. The minimum absolute atomic E-state index is 0.243. The Bertz CT molecular complexity index is 230. The molecule has 2 saturated carbocycles. The van der Waals surface area contributed by atoms with E-state index in [2.05, 4.69) is 13.8 Å². The van der Waals surface area contributed by atoms with Crippen molar-refractivity contribution in [3.63, 3.8) is 0 Å². The lowest BCUT2D eigenvalue weighted by molar-refractivity contribution is -0.252. The molecule has 0 N–H and O–H groups in total. The van der Waals surface area contributed by atoms with Crippen molar-refractivity contribution in [2.45, 2.75) is 83.8 Å². The van der Waals surface area contributed by atoms with Crippen LogP contribution in [0.25, 0.3) is 0 Å². The van der Waals surface area contributed by atoms with E-state index < -0.39 is 0 Å². The summed E-state index contributed by atoms with van der Waals surface area (Å²) >= 11 is 0. The van der Waals surface area contributed by atoms with Gasteiger partial charge in [0, 0.05) is 26.1 Å². The fourth-order valence-electron chi connectivity index (χ4n) is 4.10. The Morgan fingerprint density at radius 3 is 1.84 bits per heavy atom. The molecule has 112 valence electrons. The van der Waals surface area contributed by atoms with Crippen LogP contribution in [0.5, 0.6) is 0 Å². The van der Waals surface area contributed by atoms with Crippen LogP contribution in [0.2, 0.25) is 0 Å². The lowest BCUT2D eigenvalue weighted by Crippen LogP contribution is -2.40. The van der Waals surface area contributed by atoms with Crippen molar-refractivity contribution in [1.29, 1.82) is 0 Å². The van der Waals surface area contributed by atoms with Crippen molar-refractivity contribution in [2.75, 3.05) is 13.2 Å². The summed E-state index contributed by atoms with van der Waals surface area (Å²) in [5, 5.41) is 0. The summed E-state index contributed by atoms with van der Waals surface area (Å²) in [6.45, 7) is 5.70. The number of rotatable bonds is 6. The predicted molar refractivity (Wildman–Crippen MR) is 79.1 cm³/mol. The molecule has 0 aromatic rings. The summed E-state index contributed by atoms with van der Waals surface area (Å²) in [5.41, 5.74) is 0. The first-order valence-corrected chi connectivity index (χ1v) is 8.56. The molecule has 0 radical (unpaired) electrons. The van der Waals surface area contributed by atoms with Gasteiger partial charge in [0.15, 0.2) is 5.79 Å². The van der Waals surface area contributed by atoms with Gasteiger partial charge in [-0.25, -0.2) is 0 Å². The molecule has 0 bridgehead atoms. The fraction of sp³-hybridized carbons (Fsp3) is 1.00. The van der Waals surface area contributed by atoms with Crippen molar-refractivity contribution in [1.82, 2.24) is 0 Å². The summed E-state index contributed by atoms with van der Waals surface area (Å²) < 4.78 is 11.9. The second kappa shape index (κ2) is 7.64. The van der Waals surface area contributed by atoms with E-state index >= 15 is 0 Å². The smallest absolute Gasteiger partial charge is 0.168 e. The molecule has 0 amide bonds. The Morgan fingerprint density at radius 2 is 1.32 bits per heavy atom. The van der Waals surface area contributed by atoms with Crippen LogP contribution in [-0.2, 0) is 9.47 Å². The fourth-order valence-corrected chi connectivity index (χ4v) is 4.10. The van der Waals surface area contributed by atoms with Gasteiger partial charge < -0.3 is 9.47 Å². The third-order valence-electron chi connectivity index (χ3n) is 5.07. The minimum Gasteiger partial charge on any atom is -0.350 e. The first-order chi connectivity index (χ1) is 9.28. The standard InChI is InChI=1S/C17H32O2/c1-3-18-17(19-4-2)12-10-16(11-13-17)14-15-8-6-5-7-9-15/h15-16H,3-14H2,1-2H3. The molecule has 0 heterocycles. The Hall–Kier alpha value is -0.0800. The quantitative estimate of drug-likeness (QED) is 0.637. The zero-order valence-electron chi connectivity index (χ0n) is 13.0. The Morgan fingerprint density at radius 1 is 0.789 bits per heavy atom. The largest absolute Gasteiger partial charge is 0.350 e. The third-order valence-corrected chi connectivity index (χ3v) is 5.07. The highest BCUT2D eigenvalue weighted by molar-refractivity contribution is 4.82. The molecule has 0 saturated heterocycles. The summed E-state index contributed by atoms with van der Waals surface area (Å²) in [6.07, 6.45) is 13.7. The molecular weight excluding hydrogens is 236 g/mol. The molecule has 0 spiro atoms. The van der Waals surface area contributed by atoms with Crippen LogP contribution in [0.15, 0.2) is 0 Å². The molecule has 0 aliphatic heterocycles. The van der Waals surface area contributed by atoms with E-state index in [9.17, 15) is 0 Å². The van der Waals surface area contributed by atoms with E-state index in [1.807, 2.05) is 0 Å². The lowest BCUT2D eigenvalue weighted by atomic mass is 9.76. The molecule has 2 heteroatoms. The van der Waals surface area contributed by atoms with Crippen molar-refractivity contribution in [2.24, 2.45) is 11.8 Å². The maximum atomic E-state index is 5.93. The highest BCUT2D eigenvalue weighted by Gasteiger charge is 2.37. The van der Waals surface area contributed by atoms with Crippen LogP contribution in [0.4, 0.5) is 0 Å². The molecule has 2 aliphatic rings. The van der Waals surface area contributed by atoms with Crippen LogP contribution < -0.4 is 0 Å². The molecule has 2 fully saturated rings. The molecule has 2 aliphatic carbocycles. The first-order valence-electron chi connectivity index (χ1n) is 8.56. The van der Waals surface area contributed by atoms with Crippen LogP contribution in [0.1, 0.15) is 78.1 Å². The van der Waals surface area contributed by atoms with Crippen molar-refractivity contribution in [3.8, 4) is 0 Å². The highest BCUT2D eigenvalue weighted by Crippen LogP contribution is 2.40. The lowest BCUT2D eigenvalue weighted by Gasteiger charge is -2.40. The Balaban J connectivity index is 1.76. The van der Waals surface area contributed by atoms with Crippen LogP contribution >= 0.6 is 0 Å². The first kappa shape index (κ1) is 15.3. The second-order valence-corrected chi connectivity index (χ2v) is 6.46. The second-order valence-electron chi connectivity index (χ2n) is 6.46. The maximum Gasteiger partial charge on any atom is 0.168 e. The van der Waals surface area contributed by atoms with Crippen LogP contribution in [0.3, 0.4) is 0 Å². The Labute approximate surface area is 119 Å². The van der Waals surface area contributed by atoms with E-state index in [0.717, 1.165) is 37.9 Å². The van der Waals surface area contributed by atoms with E-state index in [0.29, 0.717) is 0 Å². The van der Waals surface area contributed by atoms with Crippen molar-refractivity contribution in [3.05, 3.63) is 0 Å². The predicted octanol–water partition coefficient (Wildman–Crippen LogP) is 4.92. The SMILES string of the molecule is CCOC1(OCC)CCC(CC2CCCCC2)CC1. The maximum absolute atomic E-state index is 5.93. The van der Waals surface area contributed by atoms with Crippen LogP contribution in [0, 0.1) is 11.8 Å². The van der Waals surface area contributed by atoms with Gasteiger partial charge in [0.2, 0.25) is 0 Å². The summed E-state index contributed by atoms with van der Waals surface area (Å²) in [7, 11) is 0. The zero-order valence-corrected chi connectivity index (χ0v) is 13.0. The number of hydrogen-bond acceptors (Lipinski definition) is 2. The van der Waals surface area contributed by atoms with Crippen LogP contribution in [-0.4, -0.2) is 19.0 Å². The van der Waals surface area contributed by atoms with Gasteiger partial charge >= 0.3 is 0 Å². The number of ether oxygens (including phenoxy) is 2. The average Bonchev–Trinajstić information content (AvgIpc) is 2.43. The van der Waals surface area contributed by atoms with Crippen molar-refractivity contribution < 1.29 is 9.47 Å². The Kier molecular flexibility index (Phi) is 6.15. The van der Waals surface area contributed by atoms with Gasteiger partial charge in [-0.3, -0.25) is 0 Å². The molecule has 2 rings (SSSR count). The van der Waals surface area contributed by atoms with Crippen molar-refractivity contribution >= 4 is 0 Å². The van der Waals surface area contributed by atoms with Gasteiger partial charge in [-0.2, -0.15) is 0 Å². The summed E-state index contributed by atoms with van der Waals surface area (Å²) in [6, 6.07) is 0. The normalized spacial score (nSPS) is 25.6. The van der Waals surface area contributed by atoms with Gasteiger partial charge in [0.1, 0.15) is 0 Å². The molecule has 2 nitrogen and oxygen atoms in total. The molecular formula is C17H32O2. The van der Waals surface area contributed by atoms with E-state index in [1.165, 1.54) is 51.4 Å². The minimum atomic E-state index is -0.243. The van der Waals surface area contributed by atoms with E-state index in [1.54, 1.807) is 0 Å². The third kappa shape index (κ3) is 4.46. The zero-order chi connectivity index (χ0) is 13.6. The topological polar surface area (TPSA) is 18.5 Å². The number of hydrogen-bond donors (Lipinski definition) is 0. The molecule has 19 heavy (non-hydrogen) atoms. The molecule has 0 aromatic carbocycles. The van der Waals surface area contributed by atoms with E-state index in [-0.39, 0.29) is 5.79 Å². The highest BCUT2D eigenvalue weighted by atomic mass is 16.7. The van der Waals surface area contributed by atoms with Gasteiger partial charge in [-0.05, 0) is 44.9 Å². The van der Waals surface area contributed by atoms with Gasteiger partial charge in [0.05, 0.1) is 0 Å². The monoisotopic (exact) mass is 268 g/mol. The molecule has 0 aromatic heterocycles. The average molecular weight is 268 g/mol. The summed E-state index contributed by atoms with van der Waals surface area (Å²) in [4.78, 5) is 0. The molecule has 0 unspecified atom stereocenters. The van der Waals surface area contributed by atoms with E-state index in [4.69, 9.17) is 9.47 Å².